The summed E-state index contributed by atoms with van der Waals surface area (Å²) in [4.78, 5) is 11.4. The number of hydrogen-bond donors (Lipinski definition) is 2. The summed E-state index contributed by atoms with van der Waals surface area (Å²) in [6.45, 7) is 5.06. The number of halogens is 1. The summed E-state index contributed by atoms with van der Waals surface area (Å²) in [5.74, 6) is 0.243. The van der Waals surface area contributed by atoms with Gasteiger partial charge in [0.15, 0.2) is 0 Å². The van der Waals surface area contributed by atoms with Crippen LogP contribution in [-0.2, 0) is 4.79 Å². The van der Waals surface area contributed by atoms with Gasteiger partial charge in [-0.2, -0.15) is 0 Å². The van der Waals surface area contributed by atoms with Crippen molar-refractivity contribution in [3.05, 3.63) is 35.1 Å². The van der Waals surface area contributed by atoms with Gasteiger partial charge in [0.1, 0.15) is 5.82 Å². The van der Waals surface area contributed by atoms with Crippen molar-refractivity contribution in [1.29, 1.82) is 0 Å². The van der Waals surface area contributed by atoms with Gasteiger partial charge in [-0.25, -0.2) is 4.39 Å². The highest BCUT2D eigenvalue weighted by molar-refractivity contribution is 5.80. The van der Waals surface area contributed by atoms with Crippen LogP contribution in [0.15, 0.2) is 18.2 Å². The Kier molecular flexibility index (Phi) is 4.53. The quantitative estimate of drug-likeness (QED) is 0.774. The molecule has 1 aliphatic carbocycles. The smallest absolute Gasteiger partial charge is 0.223 e. The lowest BCUT2D eigenvalue weighted by Gasteiger charge is -2.15. The summed E-state index contributed by atoms with van der Waals surface area (Å²) in [7, 11) is 0. The van der Waals surface area contributed by atoms with Crippen LogP contribution in [-0.4, -0.2) is 19.0 Å². The summed E-state index contributed by atoms with van der Waals surface area (Å²) in [6.07, 6.45) is 2.05. The van der Waals surface area contributed by atoms with Crippen LogP contribution in [0, 0.1) is 18.7 Å². The highest BCUT2D eigenvalue weighted by atomic mass is 19.1. The van der Waals surface area contributed by atoms with E-state index in [0.29, 0.717) is 18.7 Å². The van der Waals surface area contributed by atoms with Crippen molar-refractivity contribution >= 4 is 5.91 Å². The van der Waals surface area contributed by atoms with Gasteiger partial charge in [-0.15, -0.1) is 0 Å². The van der Waals surface area contributed by atoms with Crippen LogP contribution < -0.4 is 10.6 Å². The Bertz CT molecular complexity index is 457. The summed E-state index contributed by atoms with van der Waals surface area (Å²) in [5.41, 5.74) is 1.59. The number of hydrogen-bond acceptors (Lipinski definition) is 2. The van der Waals surface area contributed by atoms with E-state index in [1.165, 1.54) is 0 Å². The Labute approximate surface area is 113 Å². The molecule has 1 aliphatic rings. The van der Waals surface area contributed by atoms with Crippen LogP contribution in [0.2, 0.25) is 0 Å². The zero-order chi connectivity index (χ0) is 13.8. The van der Waals surface area contributed by atoms with Crippen LogP contribution in [0.1, 0.15) is 36.9 Å². The second-order valence-electron chi connectivity index (χ2n) is 5.25. The highest BCUT2D eigenvalue weighted by Gasteiger charge is 2.28. The van der Waals surface area contributed by atoms with E-state index >= 15 is 0 Å². The third-order valence-corrected chi connectivity index (χ3v) is 3.52. The van der Waals surface area contributed by atoms with Crippen molar-refractivity contribution in [2.24, 2.45) is 5.92 Å². The summed E-state index contributed by atoms with van der Waals surface area (Å²) in [6, 6.07) is 5.36. The van der Waals surface area contributed by atoms with Crippen LogP contribution >= 0.6 is 0 Å². The summed E-state index contributed by atoms with van der Waals surface area (Å²) in [5, 5.41) is 6.18. The Morgan fingerprint density at radius 2 is 2.16 bits per heavy atom. The zero-order valence-electron chi connectivity index (χ0n) is 11.5. The van der Waals surface area contributed by atoms with Gasteiger partial charge < -0.3 is 10.6 Å². The number of carbonyl (C=O) groups excluding carboxylic acids is 1. The molecular weight excluding hydrogens is 243 g/mol. The van der Waals surface area contributed by atoms with Gasteiger partial charge in [0.2, 0.25) is 5.91 Å². The highest BCUT2D eigenvalue weighted by Crippen LogP contribution is 2.28. The minimum Gasteiger partial charge on any atom is -0.355 e. The topological polar surface area (TPSA) is 41.1 Å². The molecule has 0 spiro atoms. The maximum atomic E-state index is 13.4. The van der Waals surface area contributed by atoms with Gasteiger partial charge in [-0.05, 0) is 43.9 Å². The Balaban J connectivity index is 1.72. The first kappa shape index (κ1) is 14.0. The molecule has 1 amide bonds. The normalized spacial score (nSPS) is 16.2. The number of benzene rings is 1. The second-order valence-corrected chi connectivity index (χ2v) is 5.25. The van der Waals surface area contributed by atoms with Crippen molar-refractivity contribution in [2.45, 2.75) is 32.7 Å². The predicted molar refractivity (Wildman–Crippen MR) is 73.3 cm³/mol. The number of carbonyl (C=O) groups is 1. The lowest BCUT2D eigenvalue weighted by Crippen LogP contribution is -2.33. The molecule has 2 rings (SSSR count). The Morgan fingerprint density at radius 3 is 2.79 bits per heavy atom. The molecule has 1 aromatic rings. The first-order valence-electron chi connectivity index (χ1n) is 6.85. The largest absolute Gasteiger partial charge is 0.355 e. The Morgan fingerprint density at radius 1 is 1.42 bits per heavy atom. The fraction of sp³-hybridized carbons (Fsp3) is 0.533. The summed E-state index contributed by atoms with van der Waals surface area (Å²) >= 11 is 0. The molecule has 0 heterocycles. The van der Waals surface area contributed by atoms with E-state index in [2.05, 4.69) is 10.6 Å². The molecule has 0 saturated heterocycles. The maximum absolute atomic E-state index is 13.4. The third kappa shape index (κ3) is 4.03. The van der Waals surface area contributed by atoms with Crippen LogP contribution in [0.25, 0.3) is 0 Å². The molecule has 1 fully saturated rings. The molecule has 1 atom stereocenters. The van der Waals surface area contributed by atoms with Crippen LogP contribution in [0.5, 0.6) is 0 Å². The molecule has 0 bridgehead atoms. The monoisotopic (exact) mass is 264 g/mol. The van der Waals surface area contributed by atoms with Gasteiger partial charge in [0, 0.05) is 25.0 Å². The van der Waals surface area contributed by atoms with E-state index in [0.717, 1.165) is 18.4 Å². The fourth-order valence-electron chi connectivity index (χ4n) is 1.96. The van der Waals surface area contributed by atoms with Gasteiger partial charge >= 0.3 is 0 Å². The van der Waals surface area contributed by atoms with Gasteiger partial charge in [0.25, 0.3) is 0 Å². The van der Waals surface area contributed by atoms with Gasteiger partial charge in [0.05, 0.1) is 0 Å². The molecule has 1 saturated carbocycles. The van der Waals surface area contributed by atoms with Crippen molar-refractivity contribution in [3.8, 4) is 0 Å². The predicted octanol–water partition coefficient (Wildman–Crippen LogP) is 2.31. The second kappa shape index (κ2) is 6.15. The van der Waals surface area contributed by atoms with Crippen molar-refractivity contribution in [1.82, 2.24) is 10.6 Å². The molecular formula is C15H21FN2O. The average Bonchev–Trinajstić information content (AvgIpc) is 3.21. The van der Waals surface area contributed by atoms with Crippen molar-refractivity contribution in [2.75, 3.05) is 13.1 Å². The summed E-state index contributed by atoms with van der Waals surface area (Å²) < 4.78 is 13.4. The van der Waals surface area contributed by atoms with Gasteiger partial charge in [-0.1, -0.05) is 12.1 Å². The molecule has 19 heavy (non-hydrogen) atoms. The molecule has 1 unspecified atom stereocenters. The van der Waals surface area contributed by atoms with Crippen LogP contribution in [0.4, 0.5) is 4.39 Å². The zero-order valence-corrected chi connectivity index (χ0v) is 11.5. The van der Waals surface area contributed by atoms with Gasteiger partial charge in [-0.3, -0.25) is 4.79 Å². The Hall–Kier alpha value is -1.42. The van der Waals surface area contributed by atoms with E-state index in [1.54, 1.807) is 19.1 Å². The molecule has 1 aromatic carbocycles. The number of nitrogens with one attached hydrogen (secondary N) is 2. The molecule has 104 valence electrons. The van der Waals surface area contributed by atoms with E-state index < -0.39 is 0 Å². The standard InChI is InChI=1S/C15H21FN2O/c1-10-3-4-13(9-14(10)16)11(2)17-7-8-18-15(19)12-5-6-12/h3-4,9,11-12,17H,5-8H2,1-2H3,(H,18,19). The lowest BCUT2D eigenvalue weighted by molar-refractivity contribution is -0.122. The molecule has 0 aromatic heterocycles. The molecule has 3 nitrogen and oxygen atoms in total. The third-order valence-electron chi connectivity index (χ3n) is 3.52. The van der Waals surface area contributed by atoms with E-state index in [1.807, 2.05) is 13.0 Å². The van der Waals surface area contributed by atoms with E-state index in [4.69, 9.17) is 0 Å². The lowest BCUT2D eigenvalue weighted by atomic mass is 10.1. The SMILES string of the molecule is Cc1ccc(C(C)NCCNC(=O)C2CC2)cc1F. The molecule has 4 heteroatoms. The molecule has 0 aliphatic heterocycles. The van der Waals surface area contributed by atoms with Crippen LogP contribution in [0.3, 0.4) is 0 Å². The minimum atomic E-state index is -0.173. The number of aryl methyl sites for hydroxylation is 1. The number of rotatable bonds is 6. The number of amides is 1. The molecule has 0 radical (unpaired) electrons. The first-order valence-corrected chi connectivity index (χ1v) is 6.85. The van der Waals surface area contributed by atoms with E-state index in [9.17, 15) is 9.18 Å². The maximum Gasteiger partial charge on any atom is 0.223 e. The minimum absolute atomic E-state index is 0.0768. The fourth-order valence-corrected chi connectivity index (χ4v) is 1.96. The van der Waals surface area contributed by atoms with E-state index in [-0.39, 0.29) is 23.7 Å². The molecule has 2 N–H and O–H groups in total. The van der Waals surface area contributed by atoms with Crippen molar-refractivity contribution in [3.63, 3.8) is 0 Å². The van der Waals surface area contributed by atoms with Crippen molar-refractivity contribution < 1.29 is 9.18 Å². The first-order chi connectivity index (χ1) is 9.08. The average molecular weight is 264 g/mol.